The van der Waals surface area contributed by atoms with Crippen molar-refractivity contribution in [1.29, 1.82) is 5.26 Å². The summed E-state index contributed by atoms with van der Waals surface area (Å²) in [5, 5.41) is 18.3. The molecular formula is C19H19NO3. The Kier molecular flexibility index (Phi) is 5.76. The van der Waals surface area contributed by atoms with Crippen LogP contribution in [0.3, 0.4) is 0 Å². The maximum atomic E-state index is 12.0. The van der Waals surface area contributed by atoms with Gasteiger partial charge in [-0.05, 0) is 41.8 Å². The number of carbonyl (C=O) groups excluding carboxylic acids is 1. The monoisotopic (exact) mass is 309 g/mol. The molecule has 0 aliphatic heterocycles. The van der Waals surface area contributed by atoms with Crippen molar-refractivity contribution in [1.82, 2.24) is 0 Å². The van der Waals surface area contributed by atoms with E-state index in [9.17, 15) is 9.90 Å². The van der Waals surface area contributed by atoms with E-state index in [2.05, 4.69) is 6.07 Å². The van der Waals surface area contributed by atoms with Crippen molar-refractivity contribution in [2.75, 3.05) is 6.61 Å². The number of phenolic OH excluding ortho intramolecular Hbond substituents is 1. The van der Waals surface area contributed by atoms with E-state index in [0.717, 1.165) is 24.0 Å². The van der Waals surface area contributed by atoms with Crippen LogP contribution in [-0.2, 0) is 4.74 Å². The van der Waals surface area contributed by atoms with Gasteiger partial charge in [0, 0.05) is 0 Å². The molecule has 118 valence electrons. The third kappa shape index (κ3) is 4.58. The summed E-state index contributed by atoms with van der Waals surface area (Å²) >= 11 is 0. The number of esters is 1. The number of rotatable bonds is 6. The standard InChI is InChI=1S/C19H19NO3/c1-2-3-14(12-20)13-23-19(22)17-6-4-15(5-7-17)16-8-10-18(21)11-9-16/h4-11,14,21H,2-3,13H2,1H3. The first kappa shape index (κ1) is 16.6. The molecule has 0 radical (unpaired) electrons. The lowest BCUT2D eigenvalue weighted by molar-refractivity contribution is 0.0464. The third-order valence-electron chi connectivity index (χ3n) is 3.56. The average molecular weight is 309 g/mol. The summed E-state index contributed by atoms with van der Waals surface area (Å²) in [5.74, 6) is -0.452. The highest BCUT2D eigenvalue weighted by Crippen LogP contribution is 2.22. The molecule has 0 bridgehead atoms. The minimum absolute atomic E-state index is 0.128. The molecule has 2 aromatic rings. The Bertz CT molecular complexity index is 684. The van der Waals surface area contributed by atoms with E-state index in [1.807, 2.05) is 31.2 Å². The van der Waals surface area contributed by atoms with Gasteiger partial charge in [0.05, 0.1) is 17.6 Å². The second kappa shape index (κ2) is 8.00. The topological polar surface area (TPSA) is 70.3 Å². The number of nitrogens with zero attached hydrogens (tertiary/aromatic N) is 1. The summed E-state index contributed by atoms with van der Waals surface area (Å²) in [7, 11) is 0. The molecule has 4 nitrogen and oxygen atoms in total. The van der Waals surface area contributed by atoms with Crippen LogP contribution in [0.1, 0.15) is 30.1 Å². The summed E-state index contributed by atoms with van der Waals surface area (Å²) < 4.78 is 5.20. The lowest BCUT2D eigenvalue weighted by Gasteiger charge is -2.09. The lowest BCUT2D eigenvalue weighted by Crippen LogP contribution is -2.13. The quantitative estimate of drug-likeness (QED) is 0.813. The summed E-state index contributed by atoms with van der Waals surface area (Å²) in [4.78, 5) is 12.0. The molecule has 1 atom stereocenters. The van der Waals surface area contributed by atoms with Crippen molar-refractivity contribution in [3.8, 4) is 22.9 Å². The maximum Gasteiger partial charge on any atom is 0.338 e. The fourth-order valence-corrected chi connectivity index (χ4v) is 2.25. The number of benzene rings is 2. The SMILES string of the molecule is CCCC(C#N)COC(=O)c1ccc(-c2ccc(O)cc2)cc1. The maximum absolute atomic E-state index is 12.0. The van der Waals surface area contributed by atoms with E-state index < -0.39 is 5.97 Å². The fourth-order valence-electron chi connectivity index (χ4n) is 2.25. The van der Waals surface area contributed by atoms with Gasteiger partial charge in [-0.15, -0.1) is 0 Å². The zero-order valence-electron chi connectivity index (χ0n) is 13.0. The second-order valence-electron chi connectivity index (χ2n) is 5.34. The molecule has 1 N–H and O–H groups in total. The van der Waals surface area contributed by atoms with Gasteiger partial charge in [-0.2, -0.15) is 5.26 Å². The van der Waals surface area contributed by atoms with Crippen LogP contribution in [-0.4, -0.2) is 17.7 Å². The Morgan fingerprint density at radius 3 is 2.22 bits per heavy atom. The van der Waals surface area contributed by atoms with Gasteiger partial charge in [0.15, 0.2) is 0 Å². The van der Waals surface area contributed by atoms with Gasteiger partial charge >= 0.3 is 5.97 Å². The van der Waals surface area contributed by atoms with Gasteiger partial charge in [0.2, 0.25) is 0 Å². The van der Waals surface area contributed by atoms with Crippen molar-refractivity contribution in [2.45, 2.75) is 19.8 Å². The number of hydrogen-bond acceptors (Lipinski definition) is 4. The zero-order chi connectivity index (χ0) is 16.7. The zero-order valence-corrected chi connectivity index (χ0v) is 13.0. The van der Waals surface area contributed by atoms with E-state index >= 15 is 0 Å². The van der Waals surface area contributed by atoms with E-state index in [1.165, 1.54) is 0 Å². The number of carbonyl (C=O) groups is 1. The number of phenols is 1. The third-order valence-corrected chi connectivity index (χ3v) is 3.56. The summed E-state index contributed by atoms with van der Waals surface area (Å²) in [5.41, 5.74) is 2.36. The lowest BCUT2D eigenvalue weighted by atomic mass is 10.0. The molecule has 0 amide bonds. The first-order valence-electron chi connectivity index (χ1n) is 7.60. The van der Waals surface area contributed by atoms with Crippen LogP contribution in [0, 0.1) is 17.2 Å². The first-order chi connectivity index (χ1) is 11.1. The molecule has 0 saturated heterocycles. The molecule has 4 heteroatoms. The normalized spacial score (nSPS) is 11.5. The molecular weight excluding hydrogens is 290 g/mol. The van der Waals surface area contributed by atoms with Crippen LogP contribution in [0.15, 0.2) is 48.5 Å². The van der Waals surface area contributed by atoms with Crippen molar-refractivity contribution < 1.29 is 14.6 Å². The number of hydrogen-bond donors (Lipinski definition) is 1. The fraction of sp³-hybridized carbons (Fsp3) is 0.263. The Morgan fingerprint density at radius 1 is 1.13 bits per heavy atom. The van der Waals surface area contributed by atoms with Crippen LogP contribution in [0.5, 0.6) is 5.75 Å². The molecule has 0 heterocycles. The van der Waals surface area contributed by atoms with E-state index in [-0.39, 0.29) is 18.3 Å². The van der Waals surface area contributed by atoms with Crippen LogP contribution in [0.4, 0.5) is 0 Å². The molecule has 23 heavy (non-hydrogen) atoms. The van der Waals surface area contributed by atoms with Crippen LogP contribution >= 0.6 is 0 Å². The summed E-state index contributed by atoms with van der Waals surface area (Å²) in [6.07, 6.45) is 1.61. The van der Waals surface area contributed by atoms with Gasteiger partial charge in [-0.25, -0.2) is 4.79 Å². The largest absolute Gasteiger partial charge is 0.508 e. The van der Waals surface area contributed by atoms with Crippen LogP contribution in [0.25, 0.3) is 11.1 Å². The van der Waals surface area contributed by atoms with Crippen LogP contribution in [0.2, 0.25) is 0 Å². The molecule has 0 saturated carbocycles. The highest BCUT2D eigenvalue weighted by atomic mass is 16.5. The van der Waals surface area contributed by atoms with Gasteiger partial charge in [0.1, 0.15) is 12.4 Å². The van der Waals surface area contributed by atoms with Gasteiger partial charge in [0.25, 0.3) is 0 Å². The van der Waals surface area contributed by atoms with Gasteiger partial charge in [-0.1, -0.05) is 37.6 Å². The molecule has 2 aromatic carbocycles. The van der Waals surface area contributed by atoms with Crippen molar-refractivity contribution in [3.63, 3.8) is 0 Å². The van der Waals surface area contributed by atoms with Gasteiger partial charge < -0.3 is 9.84 Å². The molecule has 2 rings (SSSR count). The molecule has 0 aliphatic rings. The second-order valence-corrected chi connectivity index (χ2v) is 5.34. The van der Waals surface area contributed by atoms with Crippen molar-refractivity contribution in [2.24, 2.45) is 5.92 Å². The number of ether oxygens (including phenoxy) is 1. The van der Waals surface area contributed by atoms with Crippen molar-refractivity contribution in [3.05, 3.63) is 54.1 Å². The van der Waals surface area contributed by atoms with E-state index in [0.29, 0.717) is 5.56 Å². The summed E-state index contributed by atoms with van der Waals surface area (Å²) in [6.45, 7) is 2.12. The predicted molar refractivity (Wildman–Crippen MR) is 87.8 cm³/mol. The molecule has 0 fully saturated rings. The Balaban J connectivity index is 2.00. The molecule has 0 aliphatic carbocycles. The number of aromatic hydroxyl groups is 1. The highest BCUT2D eigenvalue weighted by molar-refractivity contribution is 5.90. The molecule has 0 aromatic heterocycles. The smallest absolute Gasteiger partial charge is 0.338 e. The molecule has 0 spiro atoms. The molecule has 1 unspecified atom stereocenters. The summed E-state index contributed by atoms with van der Waals surface area (Å²) in [6, 6.07) is 16.1. The highest BCUT2D eigenvalue weighted by Gasteiger charge is 2.12. The van der Waals surface area contributed by atoms with Gasteiger partial charge in [-0.3, -0.25) is 0 Å². The van der Waals surface area contributed by atoms with Crippen LogP contribution < -0.4 is 0 Å². The minimum atomic E-state index is -0.418. The Hall–Kier alpha value is -2.80. The predicted octanol–water partition coefficient (Wildman–Crippen LogP) is 4.16. The van der Waals surface area contributed by atoms with E-state index in [1.54, 1.807) is 24.3 Å². The Labute approximate surface area is 136 Å². The number of nitriles is 1. The van der Waals surface area contributed by atoms with E-state index in [4.69, 9.17) is 10.00 Å². The van der Waals surface area contributed by atoms with Crippen molar-refractivity contribution >= 4 is 5.97 Å². The first-order valence-corrected chi connectivity index (χ1v) is 7.60. The Morgan fingerprint density at radius 2 is 1.70 bits per heavy atom. The minimum Gasteiger partial charge on any atom is -0.508 e. The average Bonchev–Trinajstić information content (AvgIpc) is 2.59.